The number of aryl methyl sites for hydroxylation is 1. The number of ether oxygens (including phenoxy) is 1. The van der Waals surface area contributed by atoms with Crippen molar-refractivity contribution >= 4 is 11.7 Å². The summed E-state index contributed by atoms with van der Waals surface area (Å²) >= 11 is 0. The Labute approximate surface area is 187 Å². The molecule has 1 aliphatic heterocycles. The smallest absolute Gasteiger partial charge is 0.291 e. The SMILES string of the molecule is Cc1cc(-c2cnc(N)c(OCc3cnc(C(=O)N(C)C)nc3)n2)cc2c1CCN(C)C2. The molecule has 0 bridgehead atoms. The van der Waals surface area contributed by atoms with Gasteiger partial charge in [-0.1, -0.05) is 0 Å². The zero-order valence-electron chi connectivity index (χ0n) is 18.8. The molecule has 0 saturated carbocycles. The third-order valence-corrected chi connectivity index (χ3v) is 5.49. The lowest BCUT2D eigenvalue weighted by atomic mass is 9.92. The molecule has 3 aromatic rings. The van der Waals surface area contributed by atoms with Crippen LogP contribution in [0.1, 0.15) is 32.9 Å². The fraction of sp³-hybridized carbons (Fsp3) is 0.348. The van der Waals surface area contributed by atoms with E-state index in [0.29, 0.717) is 11.3 Å². The Kier molecular flexibility index (Phi) is 6.00. The summed E-state index contributed by atoms with van der Waals surface area (Å²) in [4.78, 5) is 32.7. The van der Waals surface area contributed by atoms with E-state index in [9.17, 15) is 4.79 Å². The molecular weight excluding hydrogens is 406 g/mol. The van der Waals surface area contributed by atoms with Gasteiger partial charge in [-0.05, 0) is 49.2 Å². The summed E-state index contributed by atoms with van der Waals surface area (Å²) in [6, 6.07) is 4.32. The van der Waals surface area contributed by atoms with E-state index in [0.717, 1.165) is 25.1 Å². The van der Waals surface area contributed by atoms with E-state index in [2.05, 4.69) is 50.9 Å². The number of amides is 1. The van der Waals surface area contributed by atoms with Crippen LogP contribution in [0.2, 0.25) is 0 Å². The fourth-order valence-corrected chi connectivity index (χ4v) is 3.73. The molecule has 1 amide bonds. The molecule has 2 N–H and O–H groups in total. The van der Waals surface area contributed by atoms with E-state index in [4.69, 9.17) is 10.5 Å². The van der Waals surface area contributed by atoms with Gasteiger partial charge in [0.15, 0.2) is 5.82 Å². The Bertz CT molecular complexity index is 1150. The van der Waals surface area contributed by atoms with Crippen molar-refractivity contribution in [1.29, 1.82) is 0 Å². The molecule has 9 heteroatoms. The number of nitrogens with two attached hydrogens (primary N) is 1. The molecule has 1 aromatic carbocycles. The van der Waals surface area contributed by atoms with E-state index in [1.807, 2.05) is 0 Å². The van der Waals surface area contributed by atoms with Crippen LogP contribution >= 0.6 is 0 Å². The summed E-state index contributed by atoms with van der Waals surface area (Å²) in [5, 5.41) is 0. The number of rotatable bonds is 5. The Balaban J connectivity index is 1.53. The summed E-state index contributed by atoms with van der Waals surface area (Å²) < 4.78 is 5.81. The Hall–Kier alpha value is -3.59. The number of benzene rings is 1. The zero-order chi connectivity index (χ0) is 22.8. The van der Waals surface area contributed by atoms with Crippen molar-refractivity contribution in [3.8, 4) is 17.1 Å². The first kappa shape index (κ1) is 21.6. The minimum atomic E-state index is -0.258. The molecule has 0 spiro atoms. The van der Waals surface area contributed by atoms with Crippen LogP contribution < -0.4 is 10.5 Å². The molecule has 0 aliphatic carbocycles. The molecule has 166 valence electrons. The maximum absolute atomic E-state index is 11.9. The van der Waals surface area contributed by atoms with Crippen molar-refractivity contribution in [1.82, 2.24) is 29.7 Å². The van der Waals surface area contributed by atoms with E-state index in [1.165, 1.54) is 21.6 Å². The number of hydrogen-bond acceptors (Lipinski definition) is 8. The second-order valence-corrected chi connectivity index (χ2v) is 8.27. The summed E-state index contributed by atoms with van der Waals surface area (Å²) in [5.41, 5.74) is 12.4. The molecule has 0 saturated heterocycles. The summed E-state index contributed by atoms with van der Waals surface area (Å²) in [6.45, 7) is 4.29. The van der Waals surface area contributed by atoms with Gasteiger partial charge in [-0.3, -0.25) is 4.79 Å². The largest absolute Gasteiger partial charge is 0.470 e. The summed E-state index contributed by atoms with van der Waals surface area (Å²) in [7, 11) is 5.44. The van der Waals surface area contributed by atoms with Crippen molar-refractivity contribution in [3.63, 3.8) is 0 Å². The number of fused-ring (bicyclic) bond motifs is 1. The van der Waals surface area contributed by atoms with Crippen molar-refractivity contribution in [2.45, 2.75) is 26.5 Å². The number of carbonyl (C=O) groups excluding carboxylic acids is 1. The molecule has 0 fully saturated rings. The van der Waals surface area contributed by atoms with Crippen LogP contribution in [-0.4, -0.2) is 63.3 Å². The molecule has 3 heterocycles. The van der Waals surface area contributed by atoms with Crippen LogP contribution in [0.15, 0.2) is 30.7 Å². The molecule has 9 nitrogen and oxygen atoms in total. The summed E-state index contributed by atoms with van der Waals surface area (Å²) in [6.07, 6.45) is 5.84. The van der Waals surface area contributed by atoms with Crippen LogP contribution in [0, 0.1) is 6.92 Å². The van der Waals surface area contributed by atoms with E-state index in [-0.39, 0.29) is 30.0 Å². The van der Waals surface area contributed by atoms with Gasteiger partial charge in [-0.2, -0.15) is 0 Å². The minimum absolute atomic E-state index is 0.133. The molecule has 0 atom stereocenters. The van der Waals surface area contributed by atoms with Gasteiger partial charge in [0.1, 0.15) is 6.61 Å². The normalized spacial score (nSPS) is 13.5. The van der Waals surface area contributed by atoms with Crippen molar-refractivity contribution < 1.29 is 9.53 Å². The summed E-state index contributed by atoms with van der Waals surface area (Å²) in [5.74, 6) is 0.340. The lowest BCUT2D eigenvalue weighted by molar-refractivity contribution is 0.0815. The Morgan fingerprint density at radius 3 is 2.66 bits per heavy atom. The highest BCUT2D eigenvalue weighted by molar-refractivity contribution is 5.89. The van der Waals surface area contributed by atoms with Crippen LogP contribution in [0.4, 0.5) is 5.82 Å². The lowest BCUT2D eigenvalue weighted by Gasteiger charge is -2.27. The molecule has 1 aliphatic rings. The minimum Gasteiger partial charge on any atom is -0.470 e. The van der Waals surface area contributed by atoms with Crippen molar-refractivity contribution in [3.05, 3.63) is 58.8 Å². The first-order valence-electron chi connectivity index (χ1n) is 10.4. The average Bonchev–Trinajstić information content (AvgIpc) is 2.78. The second-order valence-electron chi connectivity index (χ2n) is 8.27. The van der Waals surface area contributed by atoms with Gasteiger partial charge in [-0.15, -0.1) is 0 Å². The molecule has 0 radical (unpaired) electrons. The molecule has 32 heavy (non-hydrogen) atoms. The standard InChI is InChI=1S/C23H27N7O2/c1-14-7-16(8-17-12-30(4)6-5-18(14)17)19-11-25-20(24)22(28-19)32-13-15-9-26-21(27-10-15)23(31)29(2)3/h7-11H,5-6,12-13H2,1-4H3,(H2,24,25). The quantitative estimate of drug-likeness (QED) is 0.651. The lowest BCUT2D eigenvalue weighted by Crippen LogP contribution is -2.27. The van der Waals surface area contributed by atoms with Crippen LogP contribution in [0.5, 0.6) is 5.88 Å². The maximum atomic E-state index is 11.9. The predicted octanol–water partition coefficient (Wildman–Crippen LogP) is 2.09. The van der Waals surface area contributed by atoms with Gasteiger partial charge in [0.25, 0.3) is 11.8 Å². The van der Waals surface area contributed by atoms with E-state index >= 15 is 0 Å². The molecule has 0 unspecified atom stereocenters. The van der Waals surface area contributed by atoms with Crippen LogP contribution in [-0.2, 0) is 19.6 Å². The number of hydrogen-bond donors (Lipinski definition) is 1. The van der Waals surface area contributed by atoms with Gasteiger partial charge >= 0.3 is 0 Å². The van der Waals surface area contributed by atoms with E-state index < -0.39 is 0 Å². The molecular formula is C23H27N7O2. The topological polar surface area (TPSA) is 110 Å². The number of carbonyl (C=O) groups is 1. The Morgan fingerprint density at radius 1 is 1.19 bits per heavy atom. The molecule has 4 rings (SSSR count). The number of nitrogens with zero attached hydrogens (tertiary/aromatic N) is 6. The van der Waals surface area contributed by atoms with Crippen LogP contribution in [0.25, 0.3) is 11.3 Å². The van der Waals surface area contributed by atoms with Gasteiger partial charge in [0, 0.05) is 50.7 Å². The first-order chi connectivity index (χ1) is 15.3. The van der Waals surface area contributed by atoms with Gasteiger partial charge in [0.05, 0.1) is 11.9 Å². The number of nitrogen functional groups attached to an aromatic ring is 1. The highest BCUT2D eigenvalue weighted by Crippen LogP contribution is 2.29. The molecule has 2 aromatic heterocycles. The van der Waals surface area contributed by atoms with E-state index in [1.54, 1.807) is 32.7 Å². The van der Waals surface area contributed by atoms with Gasteiger partial charge in [-0.25, -0.2) is 19.9 Å². The third-order valence-electron chi connectivity index (χ3n) is 5.49. The third kappa shape index (κ3) is 4.52. The highest BCUT2D eigenvalue weighted by Gasteiger charge is 2.18. The van der Waals surface area contributed by atoms with Gasteiger partial charge in [0.2, 0.25) is 5.82 Å². The monoisotopic (exact) mass is 433 g/mol. The van der Waals surface area contributed by atoms with Crippen molar-refractivity contribution in [2.24, 2.45) is 0 Å². The first-order valence-corrected chi connectivity index (χ1v) is 10.4. The number of likely N-dealkylation sites (N-methyl/N-ethyl adjacent to an activating group) is 1. The zero-order valence-corrected chi connectivity index (χ0v) is 18.8. The fourth-order valence-electron chi connectivity index (χ4n) is 3.73. The average molecular weight is 434 g/mol. The second kappa shape index (κ2) is 8.88. The Morgan fingerprint density at radius 2 is 1.94 bits per heavy atom. The van der Waals surface area contributed by atoms with Crippen molar-refractivity contribution in [2.75, 3.05) is 33.4 Å². The highest BCUT2D eigenvalue weighted by atomic mass is 16.5. The van der Waals surface area contributed by atoms with Gasteiger partial charge < -0.3 is 20.3 Å². The number of aromatic nitrogens is 4. The predicted molar refractivity (Wildman–Crippen MR) is 121 cm³/mol. The maximum Gasteiger partial charge on any atom is 0.291 e. The number of anilines is 1. The van der Waals surface area contributed by atoms with Crippen LogP contribution in [0.3, 0.4) is 0 Å².